The van der Waals surface area contributed by atoms with Crippen LogP contribution in [0.5, 0.6) is 0 Å². The van der Waals surface area contributed by atoms with Crippen molar-refractivity contribution in [2.45, 2.75) is 112 Å². The maximum Gasteiger partial charge on any atom is 0.419 e. The minimum absolute atomic E-state index is 0.0720. The molecule has 5 nitrogen and oxygen atoms in total. The molecule has 0 radical (unpaired) electrons. The van der Waals surface area contributed by atoms with E-state index in [1.807, 2.05) is 0 Å². The first-order valence-electron chi connectivity index (χ1n) is 15.8. The van der Waals surface area contributed by atoms with Gasteiger partial charge >= 0.3 is 6.09 Å². The minimum atomic E-state index is -0.305. The van der Waals surface area contributed by atoms with Gasteiger partial charge in [0.1, 0.15) is 12.4 Å². The predicted molar refractivity (Wildman–Crippen MR) is 154 cm³/mol. The maximum atomic E-state index is 12.9. The molecule has 0 spiro atoms. The summed E-state index contributed by atoms with van der Waals surface area (Å²) in [4.78, 5) is 16.9. The van der Waals surface area contributed by atoms with Crippen molar-refractivity contribution < 1.29 is 14.6 Å². The zero-order chi connectivity index (χ0) is 28.0. The Kier molecular flexibility index (Phi) is 6.31. The quantitative estimate of drug-likeness (QED) is 0.399. The molecule has 1 aromatic heterocycles. The molecular weight excluding hydrogens is 484 g/mol. The number of aliphatic hydroxyl groups is 1. The SMILES string of the molecule is C=C(C)[C@@H]1CC[C@]2(CO)CC[C@]3(C)[C@H](CC[C@@H]4[C@@]5(C)CC[C@H](OC(=O)n6ccnc6)C(C)(C)[C@@H]5CC[C@]43C)[C@@H]12. The Morgan fingerprint density at radius 2 is 1.74 bits per heavy atom. The molecule has 0 saturated heterocycles. The molecule has 0 aromatic carbocycles. The molecule has 1 aromatic rings. The van der Waals surface area contributed by atoms with Gasteiger partial charge in [-0.15, -0.1) is 0 Å². The number of ether oxygens (including phenoxy) is 1. The molecule has 1 N–H and O–H groups in total. The molecule has 5 aliphatic rings. The lowest BCUT2D eigenvalue weighted by Gasteiger charge is -2.73. The van der Waals surface area contributed by atoms with Gasteiger partial charge in [0.25, 0.3) is 0 Å². The number of carbonyl (C=O) groups is 1. The summed E-state index contributed by atoms with van der Waals surface area (Å²) < 4.78 is 7.63. The first-order chi connectivity index (χ1) is 18.3. The predicted octanol–water partition coefficient (Wildman–Crippen LogP) is 7.89. The van der Waals surface area contributed by atoms with Gasteiger partial charge in [0.2, 0.25) is 0 Å². The van der Waals surface area contributed by atoms with Gasteiger partial charge in [0.15, 0.2) is 0 Å². The number of aromatic nitrogens is 2. The lowest BCUT2D eigenvalue weighted by molar-refractivity contribution is -0.249. The fraction of sp³-hybridized carbons (Fsp3) is 0.824. The number of hydrogen-bond acceptors (Lipinski definition) is 4. The summed E-state index contributed by atoms with van der Waals surface area (Å²) in [5, 5.41) is 10.8. The molecule has 1 heterocycles. The van der Waals surface area contributed by atoms with Crippen molar-refractivity contribution in [3.63, 3.8) is 0 Å². The van der Waals surface area contributed by atoms with E-state index in [-0.39, 0.29) is 28.4 Å². The smallest absolute Gasteiger partial charge is 0.419 e. The highest BCUT2D eigenvalue weighted by Crippen LogP contribution is 2.77. The molecule has 6 rings (SSSR count). The highest BCUT2D eigenvalue weighted by molar-refractivity contribution is 5.70. The van der Waals surface area contributed by atoms with Gasteiger partial charge in [-0.05, 0) is 122 Å². The summed E-state index contributed by atoms with van der Waals surface area (Å²) in [6.07, 6.45) is 16.4. The zero-order valence-corrected chi connectivity index (χ0v) is 25.3. The summed E-state index contributed by atoms with van der Waals surface area (Å²) in [6.45, 7) is 19.7. The Bertz CT molecular complexity index is 1130. The van der Waals surface area contributed by atoms with E-state index in [0.29, 0.717) is 47.0 Å². The number of imidazole rings is 1. The molecule has 0 bridgehead atoms. The van der Waals surface area contributed by atoms with Crippen LogP contribution >= 0.6 is 0 Å². The zero-order valence-electron chi connectivity index (χ0n) is 25.3. The van der Waals surface area contributed by atoms with Crippen LogP contribution in [-0.4, -0.2) is 33.5 Å². The standard InChI is InChI=1S/C34H52N2O3/c1-22(2)23-10-15-34(20-37)17-16-32(6)24(28(23)34)8-9-26-31(5)13-12-27(39-29(38)36-19-18-35-21-36)30(3,4)25(31)11-14-33(26,32)7/h18-19,21,23-28,37H,1,8-17,20H2,2-7H3/t23-,24+,25-,26+,27-,28+,31-,32+,33+,34+/m0/s1. The molecule has 5 saturated carbocycles. The summed E-state index contributed by atoms with van der Waals surface area (Å²) in [5.74, 6) is 3.03. The fourth-order valence-corrected chi connectivity index (χ4v) is 12.3. The molecule has 5 heteroatoms. The summed E-state index contributed by atoms with van der Waals surface area (Å²) in [6, 6.07) is 0. The van der Waals surface area contributed by atoms with Crippen LogP contribution in [0.25, 0.3) is 0 Å². The van der Waals surface area contributed by atoms with Crippen LogP contribution in [0.1, 0.15) is 106 Å². The maximum absolute atomic E-state index is 12.9. The topological polar surface area (TPSA) is 64.3 Å². The molecule has 10 atom stereocenters. The van der Waals surface area contributed by atoms with E-state index in [2.05, 4.69) is 53.1 Å². The highest BCUT2D eigenvalue weighted by Gasteiger charge is 2.71. The Balaban J connectivity index is 1.30. The monoisotopic (exact) mass is 536 g/mol. The van der Waals surface area contributed by atoms with E-state index in [9.17, 15) is 9.90 Å². The van der Waals surface area contributed by atoms with Gasteiger partial charge in [-0.1, -0.05) is 46.8 Å². The van der Waals surface area contributed by atoms with Crippen molar-refractivity contribution in [3.8, 4) is 0 Å². The third-order valence-electron chi connectivity index (χ3n) is 14.5. The van der Waals surface area contributed by atoms with E-state index in [0.717, 1.165) is 12.8 Å². The van der Waals surface area contributed by atoms with E-state index < -0.39 is 0 Å². The Morgan fingerprint density at radius 3 is 2.41 bits per heavy atom. The number of hydrogen-bond donors (Lipinski definition) is 1. The lowest BCUT2D eigenvalue weighted by Crippen LogP contribution is -2.67. The van der Waals surface area contributed by atoms with Gasteiger partial charge in [0, 0.05) is 24.4 Å². The average Bonchev–Trinajstić information content (AvgIpc) is 3.55. The largest absolute Gasteiger partial charge is 0.445 e. The molecule has 5 fully saturated rings. The van der Waals surface area contributed by atoms with Crippen molar-refractivity contribution in [2.24, 2.45) is 56.7 Å². The third kappa shape index (κ3) is 3.59. The highest BCUT2D eigenvalue weighted by atomic mass is 16.6. The Morgan fingerprint density at radius 1 is 0.974 bits per heavy atom. The van der Waals surface area contributed by atoms with Crippen molar-refractivity contribution in [3.05, 3.63) is 30.9 Å². The van der Waals surface area contributed by atoms with Gasteiger partial charge in [0.05, 0.1) is 0 Å². The van der Waals surface area contributed by atoms with Gasteiger partial charge in [-0.3, -0.25) is 0 Å². The van der Waals surface area contributed by atoms with E-state index in [1.54, 1.807) is 12.4 Å². The second-order valence-corrected chi connectivity index (χ2v) is 15.9. The van der Waals surface area contributed by atoms with Crippen molar-refractivity contribution >= 4 is 6.09 Å². The van der Waals surface area contributed by atoms with Crippen LogP contribution in [0.3, 0.4) is 0 Å². The summed E-state index contributed by atoms with van der Waals surface area (Å²) >= 11 is 0. The third-order valence-corrected chi connectivity index (χ3v) is 14.5. The number of allylic oxidation sites excluding steroid dienone is 1. The molecule has 0 amide bonds. The molecule has 0 unspecified atom stereocenters. The van der Waals surface area contributed by atoms with Crippen LogP contribution in [0.4, 0.5) is 4.79 Å². The van der Waals surface area contributed by atoms with E-state index in [4.69, 9.17) is 4.74 Å². The lowest BCUT2D eigenvalue weighted by atomic mass is 9.32. The van der Waals surface area contributed by atoms with Crippen LogP contribution in [0.2, 0.25) is 0 Å². The van der Waals surface area contributed by atoms with Crippen molar-refractivity contribution in [2.75, 3.05) is 6.61 Å². The Labute approximate surface area is 236 Å². The average molecular weight is 537 g/mol. The first kappa shape index (κ1) is 27.5. The van der Waals surface area contributed by atoms with Crippen LogP contribution < -0.4 is 0 Å². The van der Waals surface area contributed by atoms with Crippen LogP contribution in [-0.2, 0) is 4.74 Å². The molecule has 216 valence electrons. The number of rotatable bonds is 3. The number of nitrogens with zero attached hydrogens (tertiary/aromatic N) is 2. The van der Waals surface area contributed by atoms with Gasteiger partial charge in [-0.2, -0.15) is 0 Å². The molecule has 39 heavy (non-hydrogen) atoms. The number of aliphatic hydroxyl groups excluding tert-OH is 1. The van der Waals surface area contributed by atoms with Crippen molar-refractivity contribution in [1.82, 2.24) is 9.55 Å². The molecule has 5 aliphatic carbocycles. The summed E-state index contributed by atoms with van der Waals surface area (Å²) in [7, 11) is 0. The fourth-order valence-electron chi connectivity index (χ4n) is 12.3. The summed E-state index contributed by atoms with van der Waals surface area (Å²) in [5.41, 5.74) is 2.21. The first-order valence-corrected chi connectivity index (χ1v) is 15.8. The van der Waals surface area contributed by atoms with E-state index in [1.165, 1.54) is 67.8 Å². The number of fused-ring (bicyclic) bond motifs is 7. The van der Waals surface area contributed by atoms with Crippen LogP contribution in [0.15, 0.2) is 30.9 Å². The van der Waals surface area contributed by atoms with Crippen LogP contribution in [0, 0.1) is 56.7 Å². The second kappa shape index (κ2) is 8.94. The second-order valence-electron chi connectivity index (χ2n) is 15.9. The Hall–Kier alpha value is -1.62. The molecule has 0 aliphatic heterocycles. The van der Waals surface area contributed by atoms with E-state index >= 15 is 0 Å². The normalized spacial score (nSPS) is 48.3. The van der Waals surface area contributed by atoms with Gasteiger partial charge in [-0.25, -0.2) is 14.3 Å². The molecular formula is C34H52N2O3. The van der Waals surface area contributed by atoms with Gasteiger partial charge < -0.3 is 9.84 Å². The number of carbonyl (C=O) groups excluding carboxylic acids is 1. The van der Waals surface area contributed by atoms with Crippen molar-refractivity contribution in [1.29, 1.82) is 0 Å². The minimum Gasteiger partial charge on any atom is -0.445 e.